The van der Waals surface area contributed by atoms with Crippen LogP contribution in [0.2, 0.25) is 18.1 Å². The van der Waals surface area contributed by atoms with Crippen molar-refractivity contribution in [2.24, 2.45) is 5.92 Å². The molecule has 1 aliphatic rings. The molecule has 1 atom stereocenters. The molecule has 0 aromatic carbocycles. The Hall–Kier alpha value is -0.593. The molecular weight excluding hydrogens is 358 g/mol. The van der Waals surface area contributed by atoms with Crippen molar-refractivity contribution in [1.29, 1.82) is 0 Å². The third-order valence-electron chi connectivity index (χ3n) is 5.67. The highest BCUT2D eigenvalue weighted by Crippen LogP contribution is 2.36. The number of rotatable bonds is 7. The van der Waals surface area contributed by atoms with Gasteiger partial charge < -0.3 is 19.2 Å². The SMILES string of the molecule is CC1CCC(OC[C@H](CO[Si](C)(C)C(C)(C)C)NC(=O)OC(C)(C)C)CC1. The Morgan fingerprint density at radius 2 is 1.59 bits per heavy atom. The lowest BCUT2D eigenvalue weighted by Crippen LogP contribution is -2.49. The summed E-state index contributed by atoms with van der Waals surface area (Å²) in [5.74, 6) is 0.794. The Morgan fingerprint density at radius 1 is 1.04 bits per heavy atom. The van der Waals surface area contributed by atoms with Crippen LogP contribution in [0.3, 0.4) is 0 Å². The second-order valence-electron chi connectivity index (χ2n) is 10.6. The predicted octanol–water partition coefficient (Wildman–Crippen LogP) is 5.50. The number of hydrogen-bond donors (Lipinski definition) is 1. The van der Waals surface area contributed by atoms with E-state index in [1.807, 2.05) is 20.8 Å². The maximum absolute atomic E-state index is 12.3. The van der Waals surface area contributed by atoms with Gasteiger partial charge in [0.1, 0.15) is 5.60 Å². The van der Waals surface area contributed by atoms with E-state index < -0.39 is 20.0 Å². The summed E-state index contributed by atoms with van der Waals surface area (Å²) >= 11 is 0. The summed E-state index contributed by atoms with van der Waals surface area (Å²) in [6.07, 6.45) is 4.52. The molecule has 1 fully saturated rings. The maximum atomic E-state index is 12.3. The van der Waals surface area contributed by atoms with E-state index >= 15 is 0 Å². The molecule has 6 heteroatoms. The number of amides is 1. The van der Waals surface area contributed by atoms with Gasteiger partial charge >= 0.3 is 6.09 Å². The van der Waals surface area contributed by atoms with Crippen LogP contribution in [-0.2, 0) is 13.9 Å². The summed E-state index contributed by atoms with van der Waals surface area (Å²) < 4.78 is 17.9. The molecule has 0 saturated heterocycles. The minimum absolute atomic E-state index is 0.129. The van der Waals surface area contributed by atoms with Gasteiger partial charge in [-0.2, -0.15) is 0 Å². The van der Waals surface area contributed by atoms with Crippen LogP contribution in [0.25, 0.3) is 0 Å². The van der Waals surface area contributed by atoms with E-state index in [2.05, 4.69) is 46.1 Å². The fourth-order valence-electron chi connectivity index (χ4n) is 2.78. The molecule has 1 rings (SSSR count). The van der Waals surface area contributed by atoms with Crippen molar-refractivity contribution in [2.45, 2.75) is 110 Å². The summed E-state index contributed by atoms with van der Waals surface area (Å²) in [5.41, 5.74) is -0.519. The molecule has 0 spiro atoms. The molecule has 27 heavy (non-hydrogen) atoms. The van der Waals surface area contributed by atoms with Gasteiger partial charge in [0.25, 0.3) is 0 Å². The van der Waals surface area contributed by atoms with Crippen LogP contribution in [0.4, 0.5) is 4.79 Å². The quantitative estimate of drug-likeness (QED) is 0.573. The molecule has 1 aliphatic carbocycles. The molecule has 0 aromatic rings. The van der Waals surface area contributed by atoms with Gasteiger partial charge in [-0.05, 0) is 70.5 Å². The highest BCUT2D eigenvalue weighted by atomic mass is 28.4. The van der Waals surface area contributed by atoms with E-state index in [-0.39, 0.29) is 17.2 Å². The highest BCUT2D eigenvalue weighted by molar-refractivity contribution is 6.74. The zero-order valence-electron chi connectivity index (χ0n) is 19.1. The van der Waals surface area contributed by atoms with Gasteiger partial charge in [0, 0.05) is 0 Å². The fourth-order valence-corrected chi connectivity index (χ4v) is 3.83. The lowest BCUT2D eigenvalue weighted by atomic mass is 9.89. The zero-order valence-corrected chi connectivity index (χ0v) is 20.1. The average molecular weight is 402 g/mol. The lowest BCUT2D eigenvalue weighted by Gasteiger charge is -2.37. The van der Waals surface area contributed by atoms with E-state index in [0.29, 0.717) is 13.2 Å². The van der Waals surface area contributed by atoms with Crippen LogP contribution in [0, 0.1) is 5.92 Å². The van der Waals surface area contributed by atoms with Crippen molar-refractivity contribution in [3.05, 3.63) is 0 Å². The molecule has 1 saturated carbocycles. The average Bonchev–Trinajstić information content (AvgIpc) is 2.48. The van der Waals surface area contributed by atoms with Crippen molar-refractivity contribution in [3.63, 3.8) is 0 Å². The predicted molar refractivity (Wildman–Crippen MR) is 114 cm³/mol. The summed E-state index contributed by atoms with van der Waals surface area (Å²) in [5, 5.41) is 3.09. The van der Waals surface area contributed by atoms with Crippen molar-refractivity contribution in [2.75, 3.05) is 13.2 Å². The smallest absolute Gasteiger partial charge is 0.408 e. The topological polar surface area (TPSA) is 56.8 Å². The normalized spacial score (nSPS) is 23.0. The van der Waals surface area contributed by atoms with Crippen molar-refractivity contribution in [1.82, 2.24) is 5.32 Å². The minimum Gasteiger partial charge on any atom is -0.444 e. The van der Waals surface area contributed by atoms with Crippen LogP contribution in [0.15, 0.2) is 0 Å². The number of nitrogens with one attached hydrogen (secondary N) is 1. The molecule has 1 N–H and O–H groups in total. The van der Waals surface area contributed by atoms with E-state index in [4.69, 9.17) is 13.9 Å². The van der Waals surface area contributed by atoms with Gasteiger partial charge in [-0.25, -0.2) is 4.79 Å². The summed E-state index contributed by atoms with van der Waals surface area (Å²) in [6.45, 7) is 19.9. The van der Waals surface area contributed by atoms with Crippen LogP contribution >= 0.6 is 0 Å². The summed E-state index contributed by atoms with van der Waals surface area (Å²) in [6, 6.07) is -0.201. The third-order valence-corrected chi connectivity index (χ3v) is 10.2. The molecule has 160 valence electrons. The molecule has 0 aromatic heterocycles. The van der Waals surface area contributed by atoms with E-state index in [1.165, 1.54) is 12.8 Å². The minimum atomic E-state index is -1.89. The van der Waals surface area contributed by atoms with Gasteiger partial charge in [0.15, 0.2) is 8.32 Å². The third kappa shape index (κ3) is 9.44. The van der Waals surface area contributed by atoms with E-state index in [1.54, 1.807) is 0 Å². The standard InChI is InChI=1S/C21H43NO4Si/c1-16-10-12-18(13-11-16)24-14-17(22-19(23)26-20(2,3)4)15-25-27(8,9)21(5,6)7/h16-18H,10-15H2,1-9H3,(H,22,23)/t16?,17-,18?/m1/s1. The molecule has 0 radical (unpaired) electrons. The number of carbonyl (C=O) groups is 1. The molecule has 0 unspecified atom stereocenters. The largest absolute Gasteiger partial charge is 0.444 e. The number of hydrogen-bond acceptors (Lipinski definition) is 4. The number of carbonyl (C=O) groups excluding carboxylic acids is 1. The Bertz CT molecular complexity index is 460. The maximum Gasteiger partial charge on any atom is 0.408 e. The van der Waals surface area contributed by atoms with Gasteiger partial charge in [-0.1, -0.05) is 27.7 Å². The Morgan fingerprint density at radius 3 is 2.07 bits per heavy atom. The molecule has 0 heterocycles. The molecule has 0 aliphatic heterocycles. The first-order valence-corrected chi connectivity index (χ1v) is 13.4. The fraction of sp³-hybridized carbons (Fsp3) is 0.952. The lowest BCUT2D eigenvalue weighted by molar-refractivity contribution is -0.00328. The Labute approximate surface area is 168 Å². The summed E-state index contributed by atoms with van der Waals surface area (Å²) in [7, 11) is -1.89. The zero-order chi connectivity index (χ0) is 20.9. The second kappa shape index (κ2) is 9.75. The number of ether oxygens (including phenoxy) is 2. The summed E-state index contributed by atoms with van der Waals surface area (Å²) in [4.78, 5) is 12.3. The van der Waals surface area contributed by atoms with E-state index in [9.17, 15) is 4.79 Å². The monoisotopic (exact) mass is 401 g/mol. The highest BCUT2D eigenvalue weighted by Gasteiger charge is 2.38. The van der Waals surface area contributed by atoms with Crippen molar-refractivity contribution >= 4 is 14.4 Å². The van der Waals surface area contributed by atoms with Crippen molar-refractivity contribution in [3.8, 4) is 0 Å². The van der Waals surface area contributed by atoms with Crippen LogP contribution in [0.1, 0.15) is 74.1 Å². The molecule has 5 nitrogen and oxygen atoms in total. The first-order chi connectivity index (χ1) is 12.2. The van der Waals surface area contributed by atoms with Gasteiger partial charge in [-0.3, -0.25) is 0 Å². The van der Waals surface area contributed by atoms with Crippen LogP contribution < -0.4 is 5.32 Å². The van der Waals surface area contributed by atoms with Gasteiger partial charge in [0.2, 0.25) is 0 Å². The van der Waals surface area contributed by atoms with E-state index in [0.717, 1.165) is 18.8 Å². The van der Waals surface area contributed by atoms with Crippen LogP contribution in [0.5, 0.6) is 0 Å². The molecule has 0 bridgehead atoms. The first-order valence-electron chi connectivity index (χ1n) is 10.4. The van der Waals surface area contributed by atoms with Crippen LogP contribution in [-0.4, -0.2) is 45.4 Å². The van der Waals surface area contributed by atoms with Crippen molar-refractivity contribution < 1.29 is 18.7 Å². The first kappa shape index (κ1) is 24.4. The molecule has 1 amide bonds. The second-order valence-corrected chi connectivity index (χ2v) is 15.4. The van der Waals surface area contributed by atoms with Gasteiger partial charge in [-0.15, -0.1) is 0 Å². The van der Waals surface area contributed by atoms with Gasteiger partial charge in [0.05, 0.1) is 25.4 Å². The molecular formula is C21H43NO4Si. The Balaban J connectivity index is 2.63. The number of alkyl carbamates (subject to hydrolysis) is 1. The Kier molecular flexibility index (Phi) is 8.82.